The first-order valence-electron chi connectivity index (χ1n) is 8.23. The lowest BCUT2D eigenvalue weighted by Crippen LogP contribution is -2.28. The SMILES string of the molecule is CCn1c(SCC(=O)NC(C)c2ccc(Cl)cc2)nnc1-c1ccco1. The first kappa shape index (κ1) is 18.5. The predicted molar refractivity (Wildman–Crippen MR) is 102 cm³/mol. The minimum absolute atomic E-state index is 0.0670. The Hall–Kier alpha value is -2.25. The van der Waals surface area contributed by atoms with E-state index in [0.717, 1.165) is 5.56 Å². The molecule has 0 saturated heterocycles. The number of nitrogens with zero attached hydrogens (tertiary/aromatic N) is 3. The van der Waals surface area contributed by atoms with Gasteiger partial charge < -0.3 is 9.73 Å². The van der Waals surface area contributed by atoms with Crippen LogP contribution in [-0.4, -0.2) is 26.4 Å². The summed E-state index contributed by atoms with van der Waals surface area (Å²) in [4.78, 5) is 12.3. The van der Waals surface area contributed by atoms with Gasteiger partial charge in [-0.05, 0) is 43.7 Å². The van der Waals surface area contributed by atoms with E-state index in [0.29, 0.717) is 28.3 Å². The molecule has 2 aromatic heterocycles. The van der Waals surface area contributed by atoms with Gasteiger partial charge in [-0.3, -0.25) is 9.36 Å². The van der Waals surface area contributed by atoms with Crippen molar-refractivity contribution in [1.82, 2.24) is 20.1 Å². The van der Waals surface area contributed by atoms with Gasteiger partial charge in [0, 0.05) is 11.6 Å². The minimum Gasteiger partial charge on any atom is -0.461 e. The van der Waals surface area contributed by atoms with Gasteiger partial charge in [0.05, 0.1) is 18.1 Å². The highest BCUT2D eigenvalue weighted by atomic mass is 35.5. The number of aromatic nitrogens is 3. The van der Waals surface area contributed by atoms with Crippen LogP contribution in [0.4, 0.5) is 0 Å². The molecule has 3 aromatic rings. The van der Waals surface area contributed by atoms with Gasteiger partial charge >= 0.3 is 0 Å². The summed E-state index contributed by atoms with van der Waals surface area (Å²) in [5.41, 5.74) is 1.00. The molecule has 3 rings (SSSR count). The van der Waals surface area contributed by atoms with Crippen molar-refractivity contribution in [2.75, 3.05) is 5.75 Å². The van der Waals surface area contributed by atoms with Crippen LogP contribution < -0.4 is 5.32 Å². The van der Waals surface area contributed by atoms with Gasteiger partial charge in [-0.25, -0.2) is 0 Å². The lowest BCUT2D eigenvalue weighted by Gasteiger charge is -2.14. The zero-order chi connectivity index (χ0) is 18.5. The van der Waals surface area contributed by atoms with Crippen molar-refractivity contribution in [3.63, 3.8) is 0 Å². The molecule has 6 nitrogen and oxygen atoms in total. The molecule has 2 heterocycles. The largest absolute Gasteiger partial charge is 0.461 e. The molecule has 0 spiro atoms. The summed E-state index contributed by atoms with van der Waals surface area (Å²) < 4.78 is 7.32. The van der Waals surface area contributed by atoms with Crippen LogP contribution in [0.25, 0.3) is 11.6 Å². The molecule has 1 atom stereocenters. The van der Waals surface area contributed by atoms with E-state index in [1.165, 1.54) is 11.8 Å². The van der Waals surface area contributed by atoms with Crippen LogP contribution in [0.3, 0.4) is 0 Å². The fourth-order valence-corrected chi connectivity index (χ4v) is 3.46. The molecule has 0 aliphatic carbocycles. The molecule has 0 bridgehead atoms. The van der Waals surface area contributed by atoms with E-state index in [9.17, 15) is 4.79 Å². The van der Waals surface area contributed by atoms with E-state index < -0.39 is 0 Å². The van der Waals surface area contributed by atoms with Crippen LogP contribution >= 0.6 is 23.4 Å². The van der Waals surface area contributed by atoms with E-state index in [4.69, 9.17) is 16.0 Å². The number of nitrogens with one attached hydrogen (secondary N) is 1. The van der Waals surface area contributed by atoms with Gasteiger partial charge in [0.1, 0.15) is 0 Å². The third kappa shape index (κ3) is 4.28. The molecule has 1 amide bonds. The summed E-state index contributed by atoms with van der Waals surface area (Å²) in [6.07, 6.45) is 1.60. The second-order valence-electron chi connectivity index (χ2n) is 5.66. The number of amides is 1. The van der Waals surface area contributed by atoms with Crippen LogP contribution in [0.2, 0.25) is 5.02 Å². The number of hydrogen-bond donors (Lipinski definition) is 1. The molecule has 0 saturated carbocycles. The summed E-state index contributed by atoms with van der Waals surface area (Å²) in [6.45, 7) is 4.63. The highest BCUT2D eigenvalue weighted by Crippen LogP contribution is 2.24. The van der Waals surface area contributed by atoms with Gasteiger partial charge in [0.2, 0.25) is 5.91 Å². The normalized spacial score (nSPS) is 12.1. The first-order chi connectivity index (χ1) is 12.6. The van der Waals surface area contributed by atoms with E-state index >= 15 is 0 Å². The number of thioether (sulfide) groups is 1. The molecule has 0 radical (unpaired) electrons. The van der Waals surface area contributed by atoms with E-state index in [-0.39, 0.29) is 17.7 Å². The Kier molecular flexibility index (Phi) is 6.00. The predicted octanol–water partition coefficient (Wildman–Crippen LogP) is 4.18. The topological polar surface area (TPSA) is 73.0 Å². The average molecular weight is 391 g/mol. The fourth-order valence-electron chi connectivity index (χ4n) is 2.52. The van der Waals surface area contributed by atoms with Crippen molar-refractivity contribution in [1.29, 1.82) is 0 Å². The molecule has 136 valence electrons. The van der Waals surface area contributed by atoms with Gasteiger partial charge in [-0.2, -0.15) is 0 Å². The molecular weight excluding hydrogens is 372 g/mol. The molecule has 26 heavy (non-hydrogen) atoms. The van der Waals surface area contributed by atoms with Crippen LogP contribution in [0.15, 0.2) is 52.2 Å². The maximum atomic E-state index is 12.3. The van der Waals surface area contributed by atoms with E-state index in [1.54, 1.807) is 6.26 Å². The number of carbonyl (C=O) groups is 1. The molecule has 1 N–H and O–H groups in total. The Morgan fingerprint density at radius 2 is 2.08 bits per heavy atom. The maximum absolute atomic E-state index is 12.3. The number of carbonyl (C=O) groups excluding carboxylic acids is 1. The van der Waals surface area contributed by atoms with Gasteiger partial charge in [-0.15, -0.1) is 10.2 Å². The van der Waals surface area contributed by atoms with Gasteiger partial charge in [0.25, 0.3) is 0 Å². The van der Waals surface area contributed by atoms with Crippen molar-refractivity contribution in [3.8, 4) is 11.6 Å². The number of halogens is 1. The zero-order valence-corrected chi connectivity index (χ0v) is 16.0. The number of furan rings is 1. The van der Waals surface area contributed by atoms with Gasteiger partial charge in [0.15, 0.2) is 16.7 Å². The highest BCUT2D eigenvalue weighted by molar-refractivity contribution is 7.99. The van der Waals surface area contributed by atoms with Crippen molar-refractivity contribution in [2.45, 2.75) is 31.6 Å². The van der Waals surface area contributed by atoms with Crippen LogP contribution in [-0.2, 0) is 11.3 Å². The molecule has 8 heteroatoms. The average Bonchev–Trinajstić information content (AvgIpc) is 3.29. The highest BCUT2D eigenvalue weighted by Gasteiger charge is 2.17. The second kappa shape index (κ2) is 8.42. The van der Waals surface area contributed by atoms with Crippen molar-refractivity contribution < 1.29 is 9.21 Å². The summed E-state index contributed by atoms with van der Waals surface area (Å²) in [6, 6.07) is 11.0. The molecule has 0 aliphatic rings. The Morgan fingerprint density at radius 3 is 2.73 bits per heavy atom. The summed E-state index contributed by atoms with van der Waals surface area (Å²) in [5.74, 6) is 1.51. The standard InChI is InChI=1S/C18H19ClN4O2S/c1-3-23-17(15-5-4-10-25-15)21-22-18(23)26-11-16(24)20-12(2)13-6-8-14(19)9-7-13/h4-10,12H,3,11H2,1-2H3,(H,20,24). The van der Waals surface area contributed by atoms with Crippen LogP contribution in [0.5, 0.6) is 0 Å². The minimum atomic E-state index is -0.0944. The van der Waals surface area contributed by atoms with Crippen LogP contribution in [0.1, 0.15) is 25.5 Å². The fraction of sp³-hybridized carbons (Fsp3) is 0.278. The monoisotopic (exact) mass is 390 g/mol. The lowest BCUT2D eigenvalue weighted by atomic mass is 10.1. The molecule has 1 aromatic carbocycles. The number of benzene rings is 1. The van der Waals surface area contributed by atoms with Crippen molar-refractivity contribution in [2.24, 2.45) is 0 Å². The summed E-state index contributed by atoms with van der Waals surface area (Å²) in [5, 5.41) is 12.7. The van der Waals surface area contributed by atoms with E-state index in [1.807, 2.05) is 54.8 Å². The van der Waals surface area contributed by atoms with Gasteiger partial charge in [-0.1, -0.05) is 35.5 Å². The lowest BCUT2D eigenvalue weighted by molar-refractivity contribution is -0.119. The third-order valence-corrected chi connectivity index (χ3v) is 5.07. The smallest absolute Gasteiger partial charge is 0.230 e. The Bertz CT molecular complexity index is 862. The number of hydrogen-bond acceptors (Lipinski definition) is 5. The second-order valence-corrected chi connectivity index (χ2v) is 7.04. The van der Waals surface area contributed by atoms with Crippen LogP contribution in [0, 0.1) is 0 Å². The zero-order valence-electron chi connectivity index (χ0n) is 14.5. The number of rotatable bonds is 7. The van der Waals surface area contributed by atoms with E-state index in [2.05, 4.69) is 15.5 Å². The Labute approximate surface area is 160 Å². The Morgan fingerprint density at radius 1 is 1.31 bits per heavy atom. The Balaban J connectivity index is 1.60. The first-order valence-corrected chi connectivity index (χ1v) is 9.59. The molecule has 1 unspecified atom stereocenters. The molecular formula is C18H19ClN4O2S. The quantitative estimate of drug-likeness (QED) is 0.612. The maximum Gasteiger partial charge on any atom is 0.230 e. The molecule has 0 aliphatic heterocycles. The van der Waals surface area contributed by atoms with Crippen molar-refractivity contribution >= 4 is 29.3 Å². The molecule has 0 fully saturated rings. The third-order valence-electron chi connectivity index (χ3n) is 3.85. The summed E-state index contributed by atoms with van der Waals surface area (Å²) in [7, 11) is 0. The summed E-state index contributed by atoms with van der Waals surface area (Å²) >= 11 is 7.25. The van der Waals surface area contributed by atoms with Crippen molar-refractivity contribution in [3.05, 3.63) is 53.2 Å².